The van der Waals surface area contributed by atoms with Crippen molar-refractivity contribution in [1.82, 2.24) is 0 Å². The van der Waals surface area contributed by atoms with Crippen molar-refractivity contribution in [3.8, 4) is 5.75 Å². The molecule has 0 N–H and O–H groups in total. The first-order chi connectivity index (χ1) is 11.9. The van der Waals surface area contributed by atoms with E-state index in [9.17, 15) is 9.59 Å². The number of hydrogen-bond donors (Lipinski definition) is 0. The van der Waals surface area contributed by atoms with Gasteiger partial charge >= 0.3 is 5.97 Å². The van der Waals surface area contributed by atoms with E-state index in [0.29, 0.717) is 11.1 Å². The Morgan fingerprint density at radius 1 is 0.920 bits per heavy atom. The van der Waals surface area contributed by atoms with Gasteiger partial charge in [-0.25, -0.2) is 4.79 Å². The predicted molar refractivity (Wildman–Crippen MR) is 99.4 cm³/mol. The average Bonchev–Trinajstić information content (AvgIpc) is 2.61. The number of carbonyl (C=O) groups is 2. The van der Waals surface area contributed by atoms with Crippen LogP contribution in [0.2, 0.25) is 0 Å². The quantitative estimate of drug-likeness (QED) is 0.377. The van der Waals surface area contributed by atoms with Crippen LogP contribution < -0.4 is 4.74 Å². The van der Waals surface area contributed by atoms with Crippen molar-refractivity contribution in [2.45, 2.75) is 26.2 Å². The third-order valence-electron chi connectivity index (χ3n) is 4.24. The Labute approximate surface area is 147 Å². The minimum absolute atomic E-state index is 0.0193. The minimum atomic E-state index is -0.473. The van der Waals surface area contributed by atoms with Crippen LogP contribution in [0.5, 0.6) is 5.75 Å². The predicted octanol–water partition coefficient (Wildman–Crippen LogP) is 5.17. The number of benzene rings is 3. The summed E-state index contributed by atoms with van der Waals surface area (Å²) in [7, 11) is 0. The number of ether oxygens (including phenoxy) is 1. The van der Waals surface area contributed by atoms with E-state index in [-0.39, 0.29) is 11.2 Å². The molecule has 0 atom stereocenters. The smallest absolute Gasteiger partial charge is 0.343 e. The maximum Gasteiger partial charge on any atom is 0.343 e. The highest BCUT2D eigenvalue weighted by atomic mass is 16.5. The molecule has 0 unspecified atom stereocenters. The first kappa shape index (κ1) is 16.9. The van der Waals surface area contributed by atoms with Crippen LogP contribution in [0.3, 0.4) is 0 Å². The number of carbonyl (C=O) groups excluding carboxylic acids is 2. The lowest BCUT2D eigenvalue weighted by molar-refractivity contribution is 0.0734. The van der Waals surface area contributed by atoms with Crippen LogP contribution >= 0.6 is 0 Å². The Kier molecular flexibility index (Phi) is 4.41. The normalized spacial score (nSPS) is 11.3. The van der Waals surface area contributed by atoms with Gasteiger partial charge in [-0.05, 0) is 39.9 Å². The van der Waals surface area contributed by atoms with Crippen LogP contribution in [0.1, 0.15) is 47.1 Å². The summed E-state index contributed by atoms with van der Waals surface area (Å²) >= 11 is 0. The fourth-order valence-electron chi connectivity index (χ4n) is 2.75. The fraction of sp³-hybridized carbons (Fsp3) is 0.182. The molecule has 3 aromatic carbocycles. The van der Waals surface area contributed by atoms with Crippen molar-refractivity contribution in [2.75, 3.05) is 0 Å². The second kappa shape index (κ2) is 6.52. The van der Waals surface area contributed by atoms with E-state index in [1.807, 2.05) is 42.5 Å². The van der Waals surface area contributed by atoms with Crippen molar-refractivity contribution in [3.63, 3.8) is 0 Å². The summed E-state index contributed by atoms with van der Waals surface area (Å²) in [5.74, 6) is -0.197. The van der Waals surface area contributed by atoms with Crippen LogP contribution in [0.25, 0.3) is 10.8 Å². The van der Waals surface area contributed by atoms with Crippen molar-refractivity contribution >= 4 is 23.0 Å². The molecule has 3 nitrogen and oxygen atoms in total. The maximum atomic E-state index is 12.4. The molecule has 0 aliphatic heterocycles. The highest BCUT2D eigenvalue weighted by Gasteiger charge is 2.16. The zero-order valence-electron chi connectivity index (χ0n) is 14.6. The van der Waals surface area contributed by atoms with E-state index in [1.165, 1.54) is 0 Å². The Morgan fingerprint density at radius 2 is 1.60 bits per heavy atom. The molecule has 0 heterocycles. The lowest BCUT2D eigenvalue weighted by Crippen LogP contribution is -2.13. The van der Waals surface area contributed by atoms with Crippen molar-refractivity contribution < 1.29 is 14.3 Å². The maximum absolute atomic E-state index is 12.4. The molecular formula is C22H20O3. The van der Waals surface area contributed by atoms with Crippen molar-refractivity contribution in [2.24, 2.45) is 0 Å². The number of rotatable bonds is 3. The van der Waals surface area contributed by atoms with E-state index in [1.54, 1.807) is 18.2 Å². The van der Waals surface area contributed by atoms with Crippen LogP contribution in [-0.4, -0.2) is 12.3 Å². The summed E-state index contributed by atoms with van der Waals surface area (Å²) in [6, 6.07) is 18.4. The van der Waals surface area contributed by atoms with Gasteiger partial charge in [0.05, 0.1) is 11.1 Å². The molecule has 126 valence electrons. The van der Waals surface area contributed by atoms with Gasteiger partial charge in [0.15, 0.2) is 6.29 Å². The average molecular weight is 332 g/mol. The first-order valence-corrected chi connectivity index (χ1v) is 8.20. The molecule has 0 bridgehead atoms. The van der Waals surface area contributed by atoms with Gasteiger partial charge in [0.1, 0.15) is 5.75 Å². The van der Waals surface area contributed by atoms with Crippen LogP contribution in [0.15, 0.2) is 60.7 Å². The van der Waals surface area contributed by atoms with Gasteiger partial charge in [0.25, 0.3) is 0 Å². The highest BCUT2D eigenvalue weighted by Crippen LogP contribution is 2.28. The summed E-state index contributed by atoms with van der Waals surface area (Å²) in [5.41, 5.74) is 2.00. The standard InChI is InChI=1S/C22H20O3/c1-22(2,3)17-11-8-16(9-12-17)21(24)25-20-13-10-15-6-4-5-7-18(15)19(20)14-23/h4-14H,1-3H3. The fourth-order valence-corrected chi connectivity index (χ4v) is 2.75. The van der Waals surface area contributed by atoms with Gasteiger partial charge in [-0.3, -0.25) is 4.79 Å². The Morgan fingerprint density at radius 3 is 2.24 bits per heavy atom. The molecule has 0 aliphatic rings. The van der Waals surface area contributed by atoms with Crippen LogP contribution in [0, 0.1) is 0 Å². The lowest BCUT2D eigenvalue weighted by atomic mass is 9.87. The molecule has 3 aromatic rings. The van der Waals surface area contributed by atoms with Gasteiger partial charge in [-0.2, -0.15) is 0 Å². The number of aldehydes is 1. The molecule has 3 heteroatoms. The molecule has 0 spiro atoms. The summed E-state index contributed by atoms with van der Waals surface area (Å²) in [6.45, 7) is 6.35. The molecule has 0 saturated heterocycles. The van der Waals surface area contributed by atoms with E-state index in [2.05, 4.69) is 20.8 Å². The van der Waals surface area contributed by atoms with Crippen LogP contribution in [0.4, 0.5) is 0 Å². The second-order valence-electron chi connectivity index (χ2n) is 7.03. The lowest BCUT2D eigenvalue weighted by Gasteiger charge is -2.19. The Hall–Kier alpha value is -2.94. The number of fused-ring (bicyclic) bond motifs is 1. The molecule has 25 heavy (non-hydrogen) atoms. The third kappa shape index (κ3) is 3.45. The van der Waals surface area contributed by atoms with Gasteiger partial charge in [-0.15, -0.1) is 0 Å². The minimum Gasteiger partial charge on any atom is -0.422 e. The molecule has 0 aromatic heterocycles. The summed E-state index contributed by atoms with van der Waals surface area (Å²) < 4.78 is 5.49. The Balaban J connectivity index is 1.91. The monoisotopic (exact) mass is 332 g/mol. The zero-order chi connectivity index (χ0) is 18.0. The van der Waals surface area contributed by atoms with E-state index < -0.39 is 5.97 Å². The van der Waals surface area contributed by atoms with Crippen molar-refractivity contribution in [3.05, 3.63) is 77.4 Å². The number of hydrogen-bond acceptors (Lipinski definition) is 3. The molecule has 3 rings (SSSR count). The highest BCUT2D eigenvalue weighted by molar-refractivity contribution is 6.02. The first-order valence-electron chi connectivity index (χ1n) is 8.20. The van der Waals surface area contributed by atoms with Gasteiger partial charge < -0.3 is 4.74 Å². The van der Waals surface area contributed by atoms with E-state index in [4.69, 9.17) is 4.74 Å². The SMILES string of the molecule is CC(C)(C)c1ccc(C(=O)Oc2ccc3ccccc3c2C=O)cc1. The Bertz CT molecular complexity index is 932. The summed E-state index contributed by atoms with van der Waals surface area (Å²) in [5, 5.41) is 1.70. The zero-order valence-corrected chi connectivity index (χ0v) is 14.6. The molecule has 0 aliphatic carbocycles. The van der Waals surface area contributed by atoms with E-state index >= 15 is 0 Å². The summed E-state index contributed by atoms with van der Waals surface area (Å²) in [4.78, 5) is 24.0. The van der Waals surface area contributed by atoms with Gasteiger partial charge in [-0.1, -0.05) is 63.2 Å². The second-order valence-corrected chi connectivity index (χ2v) is 7.03. The third-order valence-corrected chi connectivity index (χ3v) is 4.24. The summed E-state index contributed by atoms with van der Waals surface area (Å²) in [6.07, 6.45) is 0.730. The van der Waals surface area contributed by atoms with Crippen LogP contribution in [-0.2, 0) is 5.41 Å². The molecule has 0 fully saturated rings. The van der Waals surface area contributed by atoms with Gasteiger partial charge in [0.2, 0.25) is 0 Å². The largest absolute Gasteiger partial charge is 0.422 e. The number of esters is 1. The molecular weight excluding hydrogens is 312 g/mol. The molecule has 0 saturated carbocycles. The van der Waals surface area contributed by atoms with Crippen molar-refractivity contribution in [1.29, 1.82) is 0 Å². The molecule has 0 radical (unpaired) electrons. The van der Waals surface area contributed by atoms with E-state index in [0.717, 1.165) is 22.6 Å². The van der Waals surface area contributed by atoms with Gasteiger partial charge in [0, 0.05) is 0 Å². The topological polar surface area (TPSA) is 43.4 Å². The molecule has 0 amide bonds.